The minimum atomic E-state index is -0.515. The van der Waals surface area contributed by atoms with Gasteiger partial charge in [-0.1, -0.05) is 45.0 Å². The van der Waals surface area contributed by atoms with Gasteiger partial charge < -0.3 is 10.2 Å². The third kappa shape index (κ3) is 3.56. The maximum Gasteiger partial charge on any atom is 0.0550 e. The lowest BCUT2D eigenvalue weighted by Gasteiger charge is -2.34. The minimum absolute atomic E-state index is 0.00949. The van der Waals surface area contributed by atoms with Crippen LogP contribution >= 0.6 is 0 Å². The lowest BCUT2D eigenvalue weighted by atomic mass is 9.73. The summed E-state index contributed by atoms with van der Waals surface area (Å²) >= 11 is 0. The number of benzene rings is 1. The van der Waals surface area contributed by atoms with Crippen LogP contribution in [0.3, 0.4) is 0 Å². The molecule has 0 aliphatic heterocycles. The second-order valence-corrected chi connectivity index (χ2v) is 6.47. The van der Waals surface area contributed by atoms with E-state index in [1.807, 2.05) is 31.2 Å². The van der Waals surface area contributed by atoms with E-state index in [0.29, 0.717) is 0 Å². The van der Waals surface area contributed by atoms with Crippen LogP contribution in [0.2, 0.25) is 0 Å². The lowest BCUT2D eigenvalue weighted by Crippen LogP contribution is -2.36. The minimum Gasteiger partial charge on any atom is -0.395 e. The van der Waals surface area contributed by atoms with E-state index in [1.165, 1.54) is 0 Å². The predicted octanol–water partition coefficient (Wildman–Crippen LogP) is 3.04. The van der Waals surface area contributed by atoms with Crippen LogP contribution in [-0.2, 0) is 5.41 Å². The van der Waals surface area contributed by atoms with Gasteiger partial charge in [-0.3, -0.25) is 0 Å². The first kappa shape index (κ1) is 15.2. The smallest absolute Gasteiger partial charge is 0.0550 e. The summed E-state index contributed by atoms with van der Waals surface area (Å²) in [5, 5.41) is 19.6. The van der Waals surface area contributed by atoms with Gasteiger partial charge in [-0.15, -0.1) is 0 Å². The van der Waals surface area contributed by atoms with Crippen LogP contribution in [0.25, 0.3) is 0 Å². The van der Waals surface area contributed by atoms with E-state index >= 15 is 0 Å². The molecular weight excluding hydrogens is 224 g/mol. The van der Waals surface area contributed by atoms with Gasteiger partial charge >= 0.3 is 0 Å². The third-order valence-corrected chi connectivity index (χ3v) is 3.68. The highest BCUT2D eigenvalue weighted by Gasteiger charge is 2.33. The number of aliphatic hydroxyl groups is 2. The summed E-state index contributed by atoms with van der Waals surface area (Å²) in [7, 11) is 0. The summed E-state index contributed by atoms with van der Waals surface area (Å²) in [6, 6.07) is 8.01. The van der Waals surface area contributed by atoms with Gasteiger partial charge in [-0.25, -0.2) is 0 Å². The van der Waals surface area contributed by atoms with Gasteiger partial charge in [0.1, 0.15) is 0 Å². The van der Waals surface area contributed by atoms with Crippen LogP contribution in [-0.4, -0.2) is 23.4 Å². The molecule has 2 N–H and O–H groups in total. The maximum absolute atomic E-state index is 9.79. The molecule has 0 aliphatic rings. The van der Waals surface area contributed by atoms with E-state index in [0.717, 1.165) is 24.0 Å². The fraction of sp³-hybridized carbons (Fsp3) is 0.625. The van der Waals surface area contributed by atoms with Crippen molar-refractivity contribution >= 4 is 0 Å². The number of aliphatic hydroxyl groups excluding tert-OH is 2. The molecule has 2 heteroatoms. The fourth-order valence-corrected chi connectivity index (χ4v) is 2.30. The van der Waals surface area contributed by atoms with Gasteiger partial charge in [-0.2, -0.15) is 0 Å². The van der Waals surface area contributed by atoms with E-state index < -0.39 is 5.41 Å². The second-order valence-electron chi connectivity index (χ2n) is 6.47. The van der Waals surface area contributed by atoms with Crippen LogP contribution in [0.4, 0.5) is 0 Å². The second kappa shape index (κ2) is 5.85. The molecule has 0 radical (unpaired) electrons. The average Bonchev–Trinajstić information content (AvgIpc) is 2.31. The lowest BCUT2D eigenvalue weighted by molar-refractivity contribution is 0.0982. The highest BCUT2D eigenvalue weighted by Crippen LogP contribution is 2.35. The largest absolute Gasteiger partial charge is 0.395 e. The summed E-state index contributed by atoms with van der Waals surface area (Å²) in [5.41, 5.74) is 1.89. The molecule has 18 heavy (non-hydrogen) atoms. The molecule has 102 valence electrons. The van der Waals surface area contributed by atoms with Crippen molar-refractivity contribution in [1.29, 1.82) is 0 Å². The first-order valence-electron chi connectivity index (χ1n) is 6.62. The van der Waals surface area contributed by atoms with Gasteiger partial charge in [0.25, 0.3) is 0 Å². The average molecular weight is 250 g/mol. The van der Waals surface area contributed by atoms with E-state index in [9.17, 15) is 10.2 Å². The summed E-state index contributed by atoms with van der Waals surface area (Å²) in [6.07, 6.45) is 1.77. The molecule has 0 amide bonds. The predicted molar refractivity (Wildman–Crippen MR) is 75.7 cm³/mol. The van der Waals surface area contributed by atoms with Gasteiger partial charge in [-0.05, 0) is 36.3 Å². The fourth-order valence-electron chi connectivity index (χ4n) is 2.30. The van der Waals surface area contributed by atoms with Crippen molar-refractivity contribution < 1.29 is 10.2 Å². The van der Waals surface area contributed by atoms with Gasteiger partial charge in [0.15, 0.2) is 0 Å². The quantitative estimate of drug-likeness (QED) is 0.843. The highest BCUT2D eigenvalue weighted by atomic mass is 16.3. The van der Waals surface area contributed by atoms with Gasteiger partial charge in [0.05, 0.1) is 13.2 Å². The zero-order chi connectivity index (χ0) is 13.8. The Morgan fingerprint density at radius 3 is 1.94 bits per heavy atom. The van der Waals surface area contributed by atoms with Gasteiger partial charge in [0.2, 0.25) is 0 Å². The Balaban J connectivity index is 3.04. The molecule has 0 fully saturated rings. The summed E-state index contributed by atoms with van der Waals surface area (Å²) < 4.78 is 0. The van der Waals surface area contributed by atoms with Crippen molar-refractivity contribution in [1.82, 2.24) is 0 Å². The van der Waals surface area contributed by atoms with Crippen LogP contribution in [0.15, 0.2) is 24.3 Å². The normalized spacial score (nSPS) is 12.8. The molecule has 0 heterocycles. The van der Waals surface area contributed by atoms with Crippen molar-refractivity contribution in [3.8, 4) is 0 Å². The van der Waals surface area contributed by atoms with E-state index in [2.05, 4.69) is 20.8 Å². The Bertz CT molecular complexity index is 373. The molecule has 0 spiro atoms. The number of rotatable bonds is 5. The van der Waals surface area contributed by atoms with Gasteiger partial charge in [0, 0.05) is 5.41 Å². The molecule has 0 aromatic heterocycles. The highest BCUT2D eigenvalue weighted by molar-refractivity contribution is 5.33. The molecule has 0 unspecified atom stereocenters. The Kier molecular flexibility index (Phi) is 4.94. The molecule has 0 saturated heterocycles. The number of hydrogen-bond donors (Lipinski definition) is 2. The van der Waals surface area contributed by atoms with Crippen molar-refractivity contribution in [3.63, 3.8) is 0 Å². The molecular formula is C16H26O2. The monoisotopic (exact) mass is 250 g/mol. The van der Waals surface area contributed by atoms with E-state index in [4.69, 9.17) is 0 Å². The molecule has 1 aromatic rings. The molecule has 0 bridgehead atoms. The SMILES string of the molecule is Cc1ccccc1C(CO)(CO)CCC(C)(C)C. The number of aryl methyl sites for hydroxylation is 1. The molecule has 2 nitrogen and oxygen atoms in total. The Hall–Kier alpha value is -0.860. The van der Waals surface area contributed by atoms with Crippen molar-refractivity contribution in [3.05, 3.63) is 35.4 Å². The Morgan fingerprint density at radius 2 is 1.50 bits per heavy atom. The zero-order valence-electron chi connectivity index (χ0n) is 12.0. The van der Waals surface area contributed by atoms with Crippen LogP contribution < -0.4 is 0 Å². The standard InChI is InChI=1S/C16H26O2/c1-13-7-5-6-8-14(13)16(11-17,12-18)10-9-15(2,3)4/h5-8,17-18H,9-12H2,1-4H3. The van der Waals surface area contributed by atoms with Crippen LogP contribution in [0.5, 0.6) is 0 Å². The maximum atomic E-state index is 9.79. The summed E-state index contributed by atoms with van der Waals surface area (Å²) in [6.45, 7) is 8.57. The van der Waals surface area contributed by atoms with E-state index in [-0.39, 0.29) is 18.6 Å². The topological polar surface area (TPSA) is 40.5 Å². The number of hydrogen-bond acceptors (Lipinski definition) is 2. The van der Waals surface area contributed by atoms with Crippen molar-refractivity contribution in [2.75, 3.05) is 13.2 Å². The summed E-state index contributed by atoms with van der Waals surface area (Å²) in [4.78, 5) is 0. The zero-order valence-corrected chi connectivity index (χ0v) is 12.0. The first-order chi connectivity index (χ1) is 8.34. The van der Waals surface area contributed by atoms with E-state index in [1.54, 1.807) is 0 Å². The molecule has 1 aromatic carbocycles. The summed E-state index contributed by atoms with van der Waals surface area (Å²) in [5.74, 6) is 0. The van der Waals surface area contributed by atoms with Crippen molar-refractivity contribution in [2.45, 2.75) is 46.0 Å². The molecule has 1 rings (SSSR count). The molecule has 0 atom stereocenters. The first-order valence-corrected chi connectivity index (χ1v) is 6.62. The van der Waals surface area contributed by atoms with Crippen LogP contribution in [0.1, 0.15) is 44.7 Å². The molecule has 0 aliphatic carbocycles. The third-order valence-electron chi connectivity index (χ3n) is 3.68. The molecule has 0 saturated carbocycles. The van der Waals surface area contributed by atoms with Crippen molar-refractivity contribution in [2.24, 2.45) is 5.41 Å². The Labute approximate surface area is 111 Å². The Morgan fingerprint density at radius 1 is 0.944 bits per heavy atom. The van der Waals surface area contributed by atoms with Crippen LogP contribution in [0, 0.1) is 12.3 Å².